The second-order valence-electron chi connectivity index (χ2n) is 4.52. The molecular formula is C15H13F2N3. The molecule has 0 saturated carbocycles. The lowest BCUT2D eigenvalue weighted by atomic mass is 10.2. The second kappa shape index (κ2) is 5.38. The van der Waals surface area contributed by atoms with Crippen LogP contribution in [0.4, 0.5) is 8.78 Å². The molecule has 0 aliphatic carbocycles. The second-order valence-corrected chi connectivity index (χ2v) is 4.52. The van der Waals surface area contributed by atoms with Gasteiger partial charge in [-0.2, -0.15) is 0 Å². The van der Waals surface area contributed by atoms with Gasteiger partial charge < -0.3 is 10.3 Å². The Labute approximate surface area is 114 Å². The molecule has 0 atom stereocenters. The molecule has 0 saturated heterocycles. The molecule has 0 amide bonds. The number of hydrogen-bond acceptors (Lipinski definition) is 2. The Morgan fingerprint density at radius 1 is 1.00 bits per heavy atom. The lowest BCUT2D eigenvalue weighted by Crippen LogP contribution is -2.15. The summed E-state index contributed by atoms with van der Waals surface area (Å²) in [6, 6.07) is 11.9. The molecule has 3 aromatic rings. The van der Waals surface area contributed by atoms with Crippen LogP contribution in [0.1, 0.15) is 11.4 Å². The molecule has 3 rings (SSSR count). The maximum Gasteiger partial charge on any atom is 0.163 e. The zero-order chi connectivity index (χ0) is 13.9. The summed E-state index contributed by atoms with van der Waals surface area (Å²) >= 11 is 0. The number of H-pyrrole nitrogens is 1. The number of imidazole rings is 1. The van der Waals surface area contributed by atoms with Crippen molar-refractivity contribution in [3.8, 4) is 0 Å². The molecule has 1 heterocycles. The maximum absolute atomic E-state index is 13.5. The van der Waals surface area contributed by atoms with Gasteiger partial charge in [-0.1, -0.05) is 24.3 Å². The summed E-state index contributed by atoms with van der Waals surface area (Å²) in [6.07, 6.45) is 0. The molecule has 0 aliphatic rings. The van der Waals surface area contributed by atoms with Crippen molar-refractivity contribution < 1.29 is 8.78 Å². The Morgan fingerprint density at radius 3 is 2.70 bits per heavy atom. The fourth-order valence-electron chi connectivity index (χ4n) is 2.09. The lowest BCUT2D eigenvalue weighted by molar-refractivity contribution is 0.492. The SMILES string of the molecule is Fc1cccc(CNCc2nc3ccccc3[nH]2)c1F. The topological polar surface area (TPSA) is 40.7 Å². The van der Waals surface area contributed by atoms with Gasteiger partial charge in [-0.15, -0.1) is 0 Å². The zero-order valence-electron chi connectivity index (χ0n) is 10.7. The standard InChI is InChI=1S/C15H13F2N3/c16-11-5-3-4-10(15(11)17)8-18-9-14-19-12-6-1-2-7-13(12)20-14/h1-7,18H,8-9H2,(H,19,20). The number of fused-ring (bicyclic) bond motifs is 1. The summed E-state index contributed by atoms with van der Waals surface area (Å²) in [6.45, 7) is 0.714. The Balaban J connectivity index is 1.66. The van der Waals surface area contributed by atoms with Crippen molar-refractivity contribution in [2.45, 2.75) is 13.1 Å². The molecule has 102 valence electrons. The Morgan fingerprint density at radius 2 is 1.85 bits per heavy atom. The number of nitrogens with zero attached hydrogens (tertiary/aromatic N) is 1. The van der Waals surface area contributed by atoms with Crippen LogP contribution in [-0.2, 0) is 13.1 Å². The summed E-state index contributed by atoms with van der Waals surface area (Å²) in [5.74, 6) is -0.861. The number of para-hydroxylation sites is 2. The molecule has 0 radical (unpaired) electrons. The van der Waals surface area contributed by atoms with Crippen LogP contribution in [0, 0.1) is 11.6 Å². The summed E-state index contributed by atoms with van der Waals surface area (Å²) in [7, 11) is 0. The van der Waals surface area contributed by atoms with E-state index in [1.54, 1.807) is 6.07 Å². The first-order chi connectivity index (χ1) is 9.74. The monoisotopic (exact) mass is 273 g/mol. The number of benzene rings is 2. The van der Waals surface area contributed by atoms with Gasteiger partial charge in [0.25, 0.3) is 0 Å². The van der Waals surface area contributed by atoms with Crippen molar-refractivity contribution in [2.75, 3.05) is 0 Å². The van der Waals surface area contributed by atoms with E-state index in [1.807, 2.05) is 24.3 Å². The smallest absolute Gasteiger partial charge is 0.163 e. The summed E-state index contributed by atoms with van der Waals surface area (Å²) < 4.78 is 26.5. The van der Waals surface area contributed by atoms with Gasteiger partial charge in [0.2, 0.25) is 0 Å². The minimum atomic E-state index is -0.826. The van der Waals surface area contributed by atoms with Crippen LogP contribution in [-0.4, -0.2) is 9.97 Å². The van der Waals surface area contributed by atoms with Crippen LogP contribution in [0.2, 0.25) is 0 Å². The number of nitrogens with one attached hydrogen (secondary N) is 2. The first-order valence-corrected chi connectivity index (χ1v) is 6.31. The van der Waals surface area contributed by atoms with Gasteiger partial charge in [0.1, 0.15) is 5.82 Å². The Bertz CT molecular complexity index is 704. The van der Waals surface area contributed by atoms with E-state index in [0.717, 1.165) is 22.9 Å². The van der Waals surface area contributed by atoms with Gasteiger partial charge >= 0.3 is 0 Å². The molecule has 20 heavy (non-hydrogen) atoms. The molecule has 0 spiro atoms. The fourth-order valence-corrected chi connectivity index (χ4v) is 2.09. The third-order valence-electron chi connectivity index (χ3n) is 3.08. The first kappa shape index (κ1) is 12.7. The van der Waals surface area contributed by atoms with Crippen molar-refractivity contribution in [1.82, 2.24) is 15.3 Å². The van der Waals surface area contributed by atoms with Crippen molar-refractivity contribution in [3.63, 3.8) is 0 Å². The van der Waals surface area contributed by atoms with E-state index in [-0.39, 0.29) is 6.54 Å². The summed E-state index contributed by atoms with van der Waals surface area (Å²) in [5, 5.41) is 3.05. The van der Waals surface area contributed by atoms with E-state index in [4.69, 9.17) is 0 Å². The van der Waals surface area contributed by atoms with Crippen molar-refractivity contribution >= 4 is 11.0 Å². The number of rotatable bonds is 4. The van der Waals surface area contributed by atoms with Crippen LogP contribution in [0.5, 0.6) is 0 Å². The van der Waals surface area contributed by atoms with Gasteiger partial charge in [0, 0.05) is 12.1 Å². The van der Waals surface area contributed by atoms with E-state index in [0.29, 0.717) is 12.1 Å². The number of aromatic amines is 1. The quantitative estimate of drug-likeness (QED) is 0.766. The third-order valence-corrected chi connectivity index (χ3v) is 3.08. The molecule has 0 bridgehead atoms. The average molecular weight is 273 g/mol. The molecule has 0 unspecified atom stereocenters. The van der Waals surface area contributed by atoms with Gasteiger partial charge in [-0.3, -0.25) is 0 Å². The number of halogens is 2. The highest BCUT2D eigenvalue weighted by Crippen LogP contribution is 2.12. The fraction of sp³-hybridized carbons (Fsp3) is 0.133. The Kier molecular flexibility index (Phi) is 3.43. The minimum absolute atomic E-state index is 0.251. The first-order valence-electron chi connectivity index (χ1n) is 6.31. The van der Waals surface area contributed by atoms with E-state index in [9.17, 15) is 8.78 Å². The van der Waals surface area contributed by atoms with E-state index >= 15 is 0 Å². The van der Waals surface area contributed by atoms with Crippen molar-refractivity contribution in [3.05, 3.63) is 65.5 Å². The molecule has 3 nitrogen and oxygen atoms in total. The molecule has 0 aliphatic heterocycles. The summed E-state index contributed by atoms with van der Waals surface area (Å²) in [5.41, 5.74) is 2.16. The number of hydrogen-bond donors (Lipinski definition) is 2. The minimum Gasteiger partial charge on any atom is -0.341 e. The Hall–Kier alpha value is -2.27. The van der Waals surface area contributed by atoms with Crippen LogP contribution in [0.25, 0.3) is 11.0 Å². The maximum atomic E-state index is 13.5. The van der Waals surface area contributed by atoms with Crippen LogP contribution in [0.15, 0.2) is 42.5 Å². The van der Waals surface area contributed by atoms with Crippen molar-refractivity contribution in [2.24, 2.45) is 0 Å². The molecule has 1 aromatic heterocycles. The largest absolute Gasteiger partial charge is 0.341 e. The highest BCUT2D eigenvalue weighted by atomic mass is 19.2. The lowest BCUT2D eigenvalue weighted by Gasteiger charge is -2.04. The summed E-state index contributed by atoms with van der Waals surface area (Å²) in [4.78, 5) is 7.56. The molecule has 5 heteroatoms. The third kappa shape index (κ3) is 2.53. The number of aromatic nitrogens is 2. The average Bonchev–Trinajstić information content (AvgIpc) is 2.86. The van der Waals surface area contributed by atoms with Crippen LogP contribution in [0.3, 0.4) is 0 Å². The highest BCUT2D eigenvalue weighted by Gasteiger charge is 2.07. The molecule has 0 fully saturated rings. The predicted octanol–water partition coefficient (Wildman–Crippen LogP) is 3.13. The van der Waals surface area contributed by atoms with E-state index in [1.165, 1.54) is 6.07 Å². The van der Waals surface area contributed by atoms with Crippen LogP contribution < -0.4 is 5.32 Å². The normalized spacial score (nSPS) is 11.1. The van der Waals surface area contributed by atoms with E-state index in [2.05, 4.69) is 15.3 Å². The van der Waals surface area contributed by atoms with Gasteiger partial charge in [-0.25, -0.2) is 13.8 Å². The van der Waals surface area contributed by atoms with Gasteiger partial charge in [-0.05, 0) is 18.2 Å². The molecular weight excluding hydrogens is 260 g/mol. The predicted molar refractivity (Wildman–Crippen MR) is 73.0 cm³/mol. The van der Waals surface area contributed by atoms with E-state index < -0.39 is 11.6 Å². The van der Waals surface area contributed by atoms with Gasteiger partial charge in [0.15, 0.2) is 11.6 Å². The van der Waals surface area contributed by atoms with Crippen LogP contribution >= 0.6 is 0 Å². The molecule has 2 aromatic carbocycles. The van der Waals surface area contributed by atoms with Crippen molar-refractivity contribution in [1.29, 1.82) is 0 Å². The molecule has 2 N–H and O–H groups in total. The van der Waals surface area contributed by atoms with Gasteiger partial charge in [0.05, 0.1) is 17.6 Å². The zero-order valence-corrected chi connectivity index (χ0v) is 10.7. The highest BCUT2D eigenvalue weighted by molar-refractivity contribution is 5.74.